The molecule has 3 unspecified atom stereocenters. The Bertz CT molecular complexity index is 1280. The first-order valence-electron chi connectivity index (χ1n) is 12.2. The average Bonchev–Trinajstić information content (AvgIpc) is 2.97. The van der Waals surface area contributed by atoms with Crippen LogP contribution in [0.5, 0.6) is 0 Å². The average molecular weight is 513 g/mol. The summed E-state index contributed by atoms with van der Waals surface area (Å²) in [7, 11) is 0. The molecule has 1 aromatic heterocycles. The zero-order valence-electron chi connectivity index (χ0n) is 20.2. The van der Waals surface area contributed by atoms with Crippen LogP contribution in [0.4, 0.5) is 5.69 Å². The predicted molar refractivity (Wildman–Crippen MR) is 144 cm³/mol. The third-order valence-electron chi connectivity index (χ3n) is 6.16. The van der Waals surface area contributed by atoms with Gasteiger partial charge in [0.1, 0.15) is 0 Å². The highest BCUT2D eigenvalue weighted by Crippen LogP contribution is 2.39. The molecule has 4 aromatic rings. The van der Waals surface area contributed by atoms with Crippen LogP contribution >= 0.6 is 11.8 Å². The highest BCUT2D eigenvalue weighted by atomic mass is 32.2. The van der Waals surface area contributed by atoms with Crippen molar-refractivity contribution < 1.29 is 19.4 Å². The second-order valence-electron chi connectivity index (χ2n) is 8.79. The van der Waals surface area contributed by atoms with Crippen molar-refractivity contribution in [3.05, 3.63) is 126 Å². The maximum atomic E-state index is 12.5. The van der Waals surface area contributed by atoms with E-state index in [1.807, 2.05) is 66.7 Å². The van der Waals surface area contributed by atoms with E-state index in [9.17, 15) is 9.90 Å². The molecule has 0 radical (unpaired) electrons. The summed E-state index contributed by atoms with van der Waals surface area (Å²) in [5.41, 5.74) is 3.99. The van der Waals surface area contributed by atoms with Crippen LogP contribution in [0.1, 0.15) is 45.9 Å². The van der Waals surface area contributed by atoms with Gasteiger partial charge in [-0.05, 0) is 47.5 Å². The van der Waals surface area contributed by atoms with Crippen molar-refractivity contribution in [1.29, 1.82) is 0 Å². The van der Waals surface area contributed by atoms with Crippen molar-refractivity contribution in [3.63, 3.8) is 0 Å². The van der Waals surface area contributed by atoms with Gasteiger partial charge in [-0.15, -0.1) is 11.8 Å². The summed E-state index contributed by atoms with van der Waals surface area (Å²) in [5.74, 6) is 0.587. The molecule has 1 aliphatic heterocycles. The molecule has 1 aliphatic rings. The molecule has 0 aliphatic carbocycles. The number of benzene rings is 3. The quantitative estimate of drug-likeness (QED) is 0.275. The largest absolute Gasteiger partial charge is 0.392 e. The smallest absolute Gasteiger partial charge is 0.257 e. The molecule has 0 saturated carbocycles. The number of ether oxygens (including phenoxy) is 2. The SMILES string of the molecule is O=C(Nc1ccc(C2OC(CSc3ccccc3)CC(c3ccc(CO)cc3)O2)cc1)c1cccnc1. The Morgan fingerprint density at radius 2 is 1.68 bits per heavy atom. The van der Waals surface area contributed by atoms with E-state index in [1.165, 1.54) is 11.1 Å². The lowest BCUT2D eigenvalue weighted by Gasteiger charge is -2.36. The molecule has 7 heteroatoms. The lowest BCUT2D eigenvalue weighted by molar-refractivity contribution is -0.245. The van der Waals surface area contributed by atoms with Crippen molar-refractivity contribution >= 4 is 23.4 Å². The number of aromatic nitrogens is 1. The summed E-state index contributed by atoms with van der Waals surface area (Å²) in [5, 5.41) is 12.3. The van der Waals surface area contributed by atoms with Crippen molar-refractivity contribution in [2.45, 2.75) is 36.4 Å². The lowest BCUT2D eigenvalue weighted by Crippen LogP contribution is -2.31. The second-order valence-corrected chi connectivity index (χ2v) is 9.89. The highest BCUT2D eigenvalue weighted by Gasteiger charge is 2.32. The number of hydrogen-bond acceptors (Lipinski definition) is 6. The first-order valence-corrected chi connectivity index (χ1v) is 13.2. The Labute approximate surface area is 220 Å². The Morgan fingerprint density at radius 1 is 0.919 bits per heavy atom. The zero-order valence-corrected chi connectivity index (χ0v) is 21.0. The molecule has 0 bridgehead atoms. The van der Waals surface area contributed by atoms with Crippen LogP contribution in [-0.2, 0) is 16.1 Å². The Balaban J connectivity index is 1.31. The van der Waals surface area contributed by atoms with Crippen molar-refractivity contribution in [2.24, 2.45) is 0 Å². The summed E-state index contributed by atoms with van der Waals surface area (Å²) in [6, 6.07) is 29.2. The van der Waals surface area contributed by atoms with E-state index in [0.717, 1.165) is 28.9 Å². The van der Waals surface area contributed by atoms with Crippen LogP contribution in [0.15, 0.2) is 108 Å². The minimum Gasteiger partial charge on any atom is -0.392 e. The van der Waals surface area contributed by atoms with Gasteiger partial charge in [0.05, 0.1) is 24.4 Å². The van der Waals surface area contributed by atoms with Crippen LogP contribution in [0.3, 0.4) is 0 Å². The molecule has 3 aromatic carbocycles. The minimum atomic E-state index is -0.541. The molecule has 3 atom stereocenters. The van der Waals surface area contributed by atoms with Gasteiger partial charge in [-0.3, -0.25) is 9.78 Å². The van der Waals surface area contributed by atoms with E-state index in [4.69, 9.17) is 9.47 Å². The van der Waals surface area contributed by atoms with Gasteiger partial charge in [0.25, 0.3) is 5.91 Å². The monoisotopic (exact) mass is 512 g/mol. The summed E-state index contributed by atoms with van der Waals surface area (Å²) < 4.78 is 12.8. The molecule has 6 nitrogen and oxygen atoms in total. The van der Waals surface area contributed by atoms with Gasteiger partial charge < -0.3 is 19.9 Å². The van der Waals surface area contributed by atoms with E-state index >= 15 is 0 Å². The molecule has 37 heavy (non-hydrogen) atoms. The molecule has 2 heterocycles. The zero-order chi connectivity index (χ0) is 25.5. The number of carbonyl (C=O) groups excluding carboxylic acids is 1. The summed E-state index contributed by atoms with van der Waals surface area (Å²) in [6.07, 6.45) is 3.20. The number of aliphatic hydroxyl groups is 1. The van der Waals surface area contributed by atoms with E-state index in [2.05, 4.69) is 22.4 Å². The highest BCUT2D eigenvalue weighted by molar-refractivity contribution is 7.99. The first-order chi connectivity index (χ1) is 18.2. The van der Waals surface area contributed by atoms with Gasteiger partial charge in [0, 0.05) is 40.7 Å². The Hall–Kier alpha value is -3.49. The fraction of sp³-hybridized carbons (Fsp3) is 0.200. The van der Waals surface area contributed by atoms with Crippen LogP contribution in [0.2, 0.25) is 0 Å². The van der Waals surface area contributed by atoms with Crippen LogP contribution < -0.4 is 5.32 Å². The number of pyridine rings is 1. The molecule has 0 spiro atoms. The summed E-state index contributed by atoms with van der Waals surface area (Å²) >= 11 is 1.77. The fourth-order valence-electron chi connectivity index (χ4n) is 4.15. The third-order valence-corrected chi connectivity index (χ3v) is 7.30. The summed E-state index contributed by atoms with van der Waals surface area (Å²) in [6.45, 7) is 0.0115. The number of aliphatic hydroxyl groups excluding tert-OH is 1. The van der Waals surface area contributed by atoms with Gasteiger partial charge >= 0.3 is 0 Å². The van der Waals surface area contributed by atoms with Crippen LogP contribution in [0.25, 0.3) is 0 Å². The standard InChI is InChI=1S/C30H28N2O4S/c33-19-21-8-10-22(11-9-21)28-17-26(20-37-27-6-2-1-3-7-27)35-30(36-28)23-12-14-25(15-13-23)32-29(34)24-5-4-16-31-18-24/h1-16,18,26,28,30,33H,17,19-20H2,(H,32,34). The van der Waals surface area contributed by atoms with Gasteiger partial charge in [0.2, 0.25) is 0 Å². The molecule has 5 rings (SSSR count). The molecular formula is C30H28N2O4S. The third kappa shape index (κ3) is 6.64. The number of amides is 1. The number of carbonyl (C=O) groups is 1. The predicted octanol–water partition coefficient (Wildman–Crippen LogP) is 6.16. The van der Waals surface area contributed by atoms with Gasteiger partial charge in [-0.25, -0.2) is 0 Å². The molecule has 2 N–H and O–H groups in total. The second kappa shape index (κ2) is 12.2. The maximum Gasteiger partial charge on any atom is 0.257 e. The Kier molecular flexibility index (Phi) is 8.28. The van der Waals surface area contributed by atoms with Gasteiger partial charge in [-0.2, -0.15) is 0 Å². The molecule has 1 amide bonds. The number of anilines is 1. The normalized spacial score (nSPS) is 19.3. The number of thioether (sulfide) groups is 1. The van der Waals surface area contributed by atoms with E-state index < -0.39 is 6.29 Å². The lowest BCUT2D eigenvalue weighted by atomic mass is 10.0. The molecular weight excluding hydrogens is 484 g/mol. The first kappa shape index (κ1) is 25.2. The maximum absolute atomic E-state index is 12.5. The number of nitrogens with one attached hydrogen (secondary N) is 1. The fourth-order valence-corrected chi connectivity index (χ4v) is 5.10. The number of rotatable bonds is 8. The van der Waals surface area contributed by atoms with E-state index in [0.29, 0.717) is 11.3 Å². The topological polar surface area (TPSA) is 80.7 Å². The molecule has 188 valence electrons. The molecule has 1 fully saturated rings. The van der Waals surface area contributed by atoms with Crippen LogP contribution in [0, 0.1) is 0 Å². The van der Waals surface area contributed by atoms with E-state index in [1.54, 1.807) is 30.1 Å². The Morgan fingerprint density at radius 3 is 2.38 bits per heavy atom. The van der Waals surface area contributed by atoms with Crippen molar-refractivity contribution in [1.82, 2.24) is 4.98 Å². The van der Waals surface area contributed by atoms with Crippen molar-refractivity contribution in [3.8, 4) is 0 Å². The van der Waals surface area contributed by atoms with Crippen LogP contribution in [-0.4, -0.2) is 27.9 Å². The van der Waals surface area contributed by atoms with Gasteiger partial charge in [0.15, 0.2) is 6.29 Å². The number of hydrogen-bond donors (Lipinski definition) is 2. The molecule has 1 saturated heterocycles. The van der Waals surface area contributed by atoms with Crippen molar-refractivity contribution in [2.75, 3.05) is 11.1 Å². The summed E-state index contributed by atoms with van der Waals surface area (Å²) in [4.78, 5) is 17.7. The van der Waals surface area contributed by atoms with Gasteiger partial charge in [-0.1, -0.05) is 54.6 Å². The number of nitrogens with zero attached hydrogens (tertiary/aromatic N) is 1. The van der Waals surface area contributed by atoms with E-state index in [-0.39, 0.29) is 24.7 Å². The minimum absolute atomic E-state index is 0.0115.